The van der Waals surface area contributed by atoms with Gasteiger partial charge in [-0.3, -0.25) is 0 Å². The highest BCUT2D eigenvalue weighted by molar-refractivity contribution is 6.17. The Labute approximate surface area is 65.3 Å². The zero-order chi connectivity index (χ0) is 7.66. The third-order valence-corrected chi connectivity index (χ3v) is 0.934. The predicted octanol–water partition coefficient (Wildman–Crippen LogP) is 0.457. The van der Waals surface area contributed by atoms with E-state index in [9.17, 15) is 4.79 Å². The Morgan fingerprint density at radius 3 is 2.50 bits per heavy atom. The molecule has 0 heterocycles. The van der Waals surface area contributed by atoms with Crippen molar-refractivity contribution in [2.24, 2.45) is 0 Å². The van der Waals surface area contributed by atoms with Crippen molar-refractivity contribution >= 4 is 17.9 Å². The number of alkyl halides is 1. The highest BCUT2D eigenvalue weighted by Crippen LogP contribution is 1.79. The Kier molecular flexibility index (Phi) is 8.77. The lowest BCUT2D eigenvalue weighted by Crippen LogP contribution is -2.06. The molecule has 0 amide bonds. The number of carbonyl (C=O) groups is 1. The number of rotatable bonds is 7. The van der Waals surface area contributed by atoms with Gasteiger partial charge in [-0.1, -0.05) is 0 Å². The van der Waals surface area contributed by atoms with Crippen LogP contribution in [-0.4, -0.2) is 38.6 Å². The SMILES string of the molecule is O=CCOCCOCCCl. The number of ether oxygens (including phenoxy) is 2. The van der Waals surface area contributed by atoms with Crippen molar-refractivity contribution in [3.63, 3.8) is 0 Å². The molecule has 10 heavy (non-hydrogen) atoms. The Hall–Kier alpha value is -0.120. The first-order chi connectivity index (χ1) is 4.91. The smallest absolute Gasteiger partial charge is 0.145 e. The Morgan fingerprint density at radius 2 is 1.90 bits per heavy atom. The molecule has 0 aliphatic carbocycles. The van der Waals surface area contributed by atoms with Crippen molar-refractivity contribution in [3.05, 3.63) is 0 Å². The van der Waals surface area contributed by atoms with Gasteiger partial charge in [0, 0.05) is 5.88 Å². The Balaban J connectivity index is 2.70. The second kappa shape index (κ2) is 8.88. The molecular formula is C6H11ClO3. The predicted molar refractivity (Wildman–Crippen MR) is 38.4 cm³/mol. The lowest BCUT2D eigenvalue weighted by molar-refractivity contribution is -0.112. The van der Waals surface area contributed by atoms with Crippen LogP contribution in [0.5, 0.6) is 0 Å². The van der Waals surface area contributed by atoms with Gasteiger partial charge in [0.05, 0.1) is 19.8 Å². The molecule has 0 atom stereocenters. The van der Waals surface area contributed by atoms with Gasteiger partial charge in [-0.15, -0.1) is 11.6 Å². The van der Waals surface area contributed by atoms with Gasteiger partial charge in [0.1, 0.15) is 12.9 Å². The van der Waals surface area contributed by atoms with Gasteiger partial charge in [-0.05, 0) is 0 Å². The van der Waals surface area contributed by atoms with Crippen molar-refractivity contribution in [2.45, 2.75) is 0 Å². The van der Waals surface area contributed by atoms with Gasteiger partial charge in [-0.25, -0.2) is 0 Å². The van der Waals surface area contributed by atoms with Crippen LogP contribution in [0.1, 0.15) is 0 Å². The molecule has 0 aromatic rings. The average Bonchev–Trinajstić information content (AvgIpc) is 1.97. The fourth-order valence-electron chi connectivity index (χ4n) is 0.406. The van der Waals surface area contributed by atoms with Gasteiger partial charge >= 0.3 is 0 Å². The number of halogens is 1. The Bertz CT molecular complexity index is 77.4. The van der Waals surface area contributed by atoms with Crippen LogP contribution < -0.4 is 0 Å². The molecule has 0 saturated heterocycles. The molecule has 0 aromatic carbocycles. The van der Waals surface area contributed by atoms with Crippen LogP contribution in [0.4, 0.5) is 0 Å². The number of hydrogen-bond acceptors (Lipinski definition) is 3. The van der Waals surface area contributed by atoms with Gasteiger partial charge < -0.3 is 14.3 Å². The van der Waals surface area contributed by atoms with Crippen LogP contribution >= 0.6 is 11.6 Å². The maximum atomic E-state index is 9.71. The molecular weight excluding hydrogens is 156 g/mol. The van der Waals surface area contributed by atoms with E-state index in [-0.39, 0.29) is 6.61 Å². The lowest BCUT2D eigenvalue weighted by atomic mass is 10.7. The van der Waals surface area contributed by atoms with Gasteiger partial charge in [0.2, 0.25) is 0 Å². The highest BCUT2D eigenvalue weighted by atomic mass is 35.5. The molecule has 0 fully saturated rings. The van der Waals surface area contributed by atoms with Crippen molar-refractivity contribution in [1.29, 1.82) is 0 Å². The summed E-state index contributed by atoms with van der Waals surface area (Å²) in [7, 11) is 0. The first kappa shape index (κ1) is 9.88. The van der Waals surface area contributed by atoms with Gasteiger partial charge in [-0.2, -0.15) is 0 Å². The van der Waals surface area contributed by atoms with Crippen molar-refractivity contribution < 1.29 is 14.3 Å². The Morgan fingerprint density at radius 1 is 1.20 bits per heavy atom. The van der Waals surface area contributed by atoms with E-state index in [0.29, 0.717) is 32.0 Å². The molecule has 0 saturated carbocycles. The van der Waals surface area contributed by atoms with Gasteiger partial charge in [0.15, 0.2) is 0 Å². The molecule has 0 aromatic heterocycles. The zero-order valence-corrected chi connectivity index (χ0v) is 6.47. The highest BCUT2D eigenvalue weighted by Gasteiger charge is 1.86. The van der Waals surface area contributed by atoms with Crippen LogP contribution in [0.25, 0.3) is 0 Å². The molecule has 0 aliphatic heterocycles. The van der Waals surface area contributed by atoms with Crippen molar-refractivity contribution in [1.82, 2.24) is 0 Å². The minimum Gasteiger partial charge on any atom is -0.378 e. The van der Waals surface area contributed by atoms with Crippen LogP contribution in [0.15, 0.2) is 0 Å². The molecule has 0 rings (SSSR count). The topological polar surface area (TPSA) is 35.5 Å². The first-order valence-corrected chi connectivity index (χ1v) is 3.60. The van der Waals surface area contributed by atoms with Crippen molar-refractivity contribution in [3.8, 4) is 0 Å². The quantitative estimate of drug-likeness (QED) is 0.313. The van der Waals surface area contributed by atoms with E-state index in [1.54, 1.807) is 0 Å². The molecule has 3 nitrogen and oxygen atoms in total. The third kappa shape index (κ3) is 7.88. The molecule has 0 spiro atoms. The summed E-state index contributed by atoms with van der Waals surface area (Å²) < 4.78 is 9.75. The van der Waals surface area contributed by atoms with E-state index in [1.165, 1.54) is 0 Å². The normalized spacial score (nSPS) is 9.70. The molecule has 60 valence electrons. The molecule has 0 unspecified atom stereocenters. The summed E-state index contributed by atoms with van der Waals surface area (Å²) >= 11 is 5.32. The minimum absolute atomic E-state index is 0.143. The van der Waals surface area contributed by atoms with Crippen molar-refractivity contribution in [2.75, 3.05) is 32.3 Å². The summed E-state index contributed by atoms with van der Waals surface area (Å²) in [5, 5.41) is 0. The summed E-state index contributed by atoms with van der Waals surface area (Å²) in [5.74, 6) is 0.494. The second-order valence-electron chi connectivity index (χ2n) is 1.54. The largest absolute Gasteiger partial charge is 0.378 e. The zero-order valence-electron chi connectivity index (χ0n) is 5.72. The minimum atomic E-state index is 0.143. The number of carbonyl (C=O) groups excluding carboxylic acids is 1. The maximum absolute atomic E-state index is 9.71. The second-order valence-corrected chi connectivity index (χ2v) is 1.92. The van der Waals surface area contributed by atoms with E-state index >= 15 is 0 Å². The van der Waals surface area contributed by atoms with Crippen LogP contribution in [0, 0.1) is 0 Å². The summed E-state index contributed by atoms with van der Waals surface area (Å²) in [6, 6.07) is 0. The third-order valence-electron chi connectivity index (χ3n) is 0.779. The van der Waals surface area contributed by atoms with Gasteiger partial charge in [0.25, 0.3) is 0 Å². The maximum Gasteiger partial charge on any atom is 0.145 e. The monoisotopic (exact) mass is 166 g/mol. The first-order valence-electron chi connectivity index (χ1n) is 3.07. The molecule has 0 radical (unpaired) electrons. The standard InChI is InChI=1S/C6H11ClO3/c7-1-3-9-5-6-10-4-2-8/h2H,1,3-6H2. The van der Waals surface area contributed by atoms with E-state index in [0.717, 1.165) is 0 Å². The fourth-order valence-corrected chi connectivity index (χ4v) is 0.515. The number of aldehydes is 1. The average molecular weight is 167 g/mol. The van der Waals surface area contributed by atoms with Crippen LogP contribution in [0.2, 0.25) is 0 Å². The molecule has 0 N–H and O–H groups in total. The molecule has 0 aliphatic rings. The summed E-state index contributed by atoms with van der Waals surface area (Å²) in [5.41, 5.74) is 0. The van der Waals surface area contributed by atoms with Crippen LogP contribution in [0.3, 0.4) is 0 Å². The fraction of sp³-hybridized carbons (Fsp3) is 0.833. The summed E-state index contributed by atoms with van der Waals surface area (Å²) in [6.45, 7) is 1.63. The summed E-state index contributed by atoms with van der Waals surface area (Å²) in [6.07, 6.45) is 0.710. The van der Waals surface area contributed by atoms with E-state index in [4.69, 9.17) is 21.1 Å². The van der Waals surface area contributed by atoms with Crippen LogP contribution in [-0.2, 0) is 14.3 Å². The van der Waals surface area contributed by atoms with E-state index < -0.39 is 0 Å². The lowest BCUT2D eigenvalue weighted by Gasteiger charge is -1.99. The van der Waals surface area contributed by atoms with E-state index in [1.807, 2.05) is 0 Å². The molecule has 4 heteroatoms. The summed E-state index contributed by atoms with van der Waals surface area (Å²) in [4.78, 5) is 9.71. The molecule has 0 bridgehead atoms. The number of hydrogen-bond donors (Lipinski definition) is 0. The van der Waals surface area contributed by atoms with E-state index in [2.05, 4.69) is 0 Å².